The highest BCUT2D eigenvalue weighted by molar-refractivity contribution is 6.29. The summed E-state index contributed by atoms with van der Waals surface area (Å²) in [4.78, 5) is 6.24. The third kappa shape index (κ3) is 2.86. The van der Waals surface area contributed by atoms with E-state index < -0.39 is 5.60 Å². The first-order chi connectivity index (χ1) is 7.57. The van der Waals surface area contributed by atoms with Gasteiger partial charge in [-0.2, -0.15) is 0 Å². The van der Waals surface area contributed by atoms with Gasteiger partial charge in [0, 0.05) is 25.0 Å². The molecule has 3 nitrogen and oxygen atoms in total. The molecule has 1 atom stereocenters. The molecule has 2 rings (SSSR count). The Balaban J connectivity index is 2.11. The maximum Gasteiger partial charge on any atom is 0.131 e. The lowest BCUT2D eigenvalue weighted by Crippen LogP contribution is -2.28. The molecule has 0 aliphatic carbocycles. The van der Waals surface area contributed by atoms with E-state index in [4.69, 9.17) is 11.6 Å². The molecular formula is C12H17ClN2O. The fourth-order valence-electron chi connectivity index (χ4n) is 2.11. The third-order valence-corrected chi connectivity index (χ3v) is 3.35. The van der Waals surface area contributed by atoms with Crippen LogP contribution in [0, 0.1) is 0 Å². The molecule has 1 aromatic rings. The molecule has 0 amide bonds. The summed E-state index contributed by atoms with van der Waals surface area (Å²) >= 11 is 5.87. The topological polar surface area (TPSA) is 36.4 Å². The number of hydrogen-bond acceptors (Lipinski definition) is 3. The molecule has 0 bridgehead atoms. The van der Waals surface area contributed by atoms with E-state index in [1.54, 1.807) is 6.20 Å². The van der Waals surface area contributed by atoms with Gasteiger partial charge in [-0.25, -0.2) is 4.98 Å². The van der Waals surface area contributed by atoms with Crippen LogP contribution in [0.15, 0.2) is 18.3 Å². The Hall–Kier alpha value is -0.800. The Bertz CT molecular complexity index is 368. The lowest BCUT2D eigenvalue weighted by atomic mass is 9.98. The standard InChI is InChI=1S/C12H17ClN2O/c1-12(16)4-2-7-15(8-5-12)10-3-6-14-11(13)9-10/h3,6,9,16H,2,4-5,7-8H2,1H3. The molecule has 1 N–H and O–H groups in total. The van der Waals surface area contributed by atoms with Crippen molar-refractivity contribution < 1.29 is 5.11 Å². The van der Waals surface area contributed by atoms with E-state index in [1.807, 2.05) is 19.1 Å². The molecule has 16 heavy (non-hydrogen) atoms. The molecular weight excluding hydrogens is 224 g/mol. The number of pyridine rings is 1. The van der Waals surface area contributed by atoms with Crippen LogP contribution in [0.2, 0.25) is 5.15 Å². The number of rotatable bonds is 1. The third-order valence-electron chi connectivity index (χ3n) is 3.14. The van der Waals surface area contributed by atoms with Crippen molar-refractivity contribution in [3.05, 3.63) is 23.5 Å². The first-order valence-corrected chi connectivity index (χ1v) is 6.03. The van der Waals surface area contributed by atoms with E-state index in [0.29, 0.717) is 5.15 Å². The van der Waals surface area contributed by atoms with Crippen molar-refractivity contribution >= 4 is 17.3 Å². The van der Waals surface area contributed by atoms with E-state index >= 15 is 0 Å². The Morgan fingerprint density at radius 3 is 3.00 bits per heavy atom. The molecule has 2 heterocycles. The first kappa shape index (κ1) is 11.7. The second-order valence-electron chi connectivity index (χ2n) is 4.67. The van der Waals surface area contributed by atoms with Crippen LogP contribution in [0.25, 0.3) is 0 Å². The van der Waals surface area contributed by atoms with E-state index in [2.05, 4.69) is 9.88 Å². The van der Waals surface area contributed by atoms with Gasteiger partial charge >= 0.3 is 0 Å². The van der Waals surface area contributed by atoms with Crippen LogP contribution >= 0.6 is 11.6 Å². The van der Waals surface area contributed by atoms with Gasteiger partial charge in [-0.1, -0.05) is 11.6 Å². The predicted molar refractivity (Wildman–Crippen MR) is 65.9 cm³/mol. The van der Waals surface area contributed by atoms with Crippen LogP contribution in [0.4, 0.5) is 5.69 Å². The summed E-state index contributed by atoms with van der Waals surface area (Å²) < 4.78 is 0. The Labute approximate surface area is 101 Å². The molecule has 0 saturated carbocycles. The molecule has 88 valence electrons. The lowest BCUT2D eigenvalue weighted by molar-refractivity contribution is 0.0481. The van der Waals surface area contributed by atoms with Gasteiger partial charge in [-0.3, -0.25) is 0 Å². The van der Waals surface area contributed by atoms with Gasteiger partial charge in [-0.05, 0) is 38.3 Å². The van der Waals surface area contributed by atoms with E-state index in [-0.39, 0.29) is 0 Å². The van der Waals surface area contributed by atoms with Crippen molar-refractivity contribution in [1.29, 1.82) is 0 Å². The average Bonchev–Trinajstić information content (AvgIpc) is 2.39. The highest BCUT2D eigenvalue weighted by Gasteiger charge is 2.24. The van der Waals surface area contributed by atoms with Gasteiger partial charge in [0.25, 0.3) is 0 Å². The van der Waals surface area contributed by atoms with Crippen molar-refractivity contribution in [2.45, 2.75) is 31.8 Å². The van der Waals surface area contributed by atoms with Gasteiger partial charge in [0.2, 0.25) is 0 Å². The molecule has 0 spiro atoms. The first-order valence-electron chi connectivity index (χ1n) is 5.66. The minimum atomic E-state index is -0.522. The van der Waals surface area contributed by atoms with Crippen molar-refractivity contribution in [3.63, 3.8) is 0 Å². The van der Waals surface area contributed by atoms with Crippen molar-refractivity contribution in [1.82, 2.24) is 4.98 Å². The summed E-state index contributed by atoms with van der Waals surface area (Å²) in [5.74, 6) is 0. The smallest absolute Gasteiger partial charge is 0.131 e. The van der Waals surface area contributed by atoms with Gasteiger partial charge in [-0.15, -0.1) is 0 Å². The van der Waals surface area contributed by atoms with Crippen LogP contribution < -0.4 is 4.90 Å². The summed E-state index contributed by atoms with van der Waals surface area (Å²) in [7, 11) is 0. The molecule has 4 heteroatoms. The van der Waals surface area contributed by atoms with Gasteiger partial charge in [0.1, 0.15) is 5.15 Å². The summed E-state index contributed by atoms with van der Waals surface area (Å²) in [6.45, 7) is 3.75. The van der Waals surface area contributed by atoms with E-state index in [0.717, 1.165) is 38.0 Å². The lowest BCUT2D eigenvalue weighted by Gasteiger charge is -2.24. The molecule has 0 aromatic carbocycles. The number of aliphatic hydroxyl groups is 1. The highest BCUT2D eigenvalue weighted by Crippen LogP contribution is 2.25. The summed E-state index contributed by atoms with van der Waals surface area (Å²) in [5, 5.41) is 10.5. The SMILES string of the molecule is CC1(O)CCCN(c2ccnc(Cl)c2)CC1. The second-order valence-corrected chi connectivity index (χ2v) is 5.06. The fourth-order valence-corrected chi connectivity index (χ4v) is 2.28. The van der Waals surface area contributed by atoms with Gasteiger partial charge in [0.15, 0.2) is 0 Å². The number of halogens is 1. The van der Waals surface area contributed by atoms with Crippen LogP contribution in [-0.4, -0.2) is 28.8 Å². The molecule has 1 fully saturated rings. The number of aromatic nitrogens is 1. The predicted octanol–water partition coefficient (Wildman–Crippen LogP) is 2.48. The molecule has 1 aliphatic rings. The van der Waals surface area contributed by atoms with Crippen LogP contribution in [-0.2, 0) is 0 Å². The number of hydrogen-bond donors (Lipinski definition) is 1. The summed E-state index contributed by atoms with van der Waals surface area (Å²) in [6, 6.07) is 3.84. The maximum atomic E-state index is 10.0. The van der Waals surface area contributed by atoms with Crippen molar-refractivity contribution in [3.8, 4) is 0 Å². The Kier molecular flexibility index (Phi) is 3.36. The number of nitrogens with zero attached hydrogens (tertiary/aromatic N) is 2. The molecule has 1 aliphatic heterocycles. The molecule has 0 radical (unpaired) electrons. The minimum Gasteiger partial charge on any atom is -0.390 e. The van der Waals surface area contributed by atoms with Crippen molar-refractivity contribution in [2.75, 3.05) is 18.0 Å². The Morgan fingerprint density at radius 1 is 1.44 bits per heavy atom. The van der Waals surface area contributed by atoms with Crippen molar-refractivity contribution in [2.24, 2.45) is 0 Å². The maximum absolute atomic E-state index is 10.0. The zero-order valence-corrected chi connectivity index (χ0v) is 10.2. The van der Waals surface area contributed by atoms with Gasteiger partial charge in [0.05, 0.1) is 5.60 Å². The highest BCUT2D eigenvalue weighted by atomic mass is 35.5. The van der Waals surface area contributed by atoms with Gasteiger partial charge < -0.3 is 10.0 Å². The monoisotopic (exact) mass is 240 g/mol. The van der Waals surface area contributed by atoms with Crippen LogP contribution in [0.5, 0.6) is 0 Å². The molecule has 1 aromatic heterocycles. The van der Waals surface area contributed by atoms with E-state index in [1.165, 1.54) is 0 Å². The Morgan fingerprint density at radius 2 is 2.25 bits per heavy atom. The largest absolute Gasteiger partial charge is 0.390 e. The fraction of sp³-hybridized carbons (Fsp3) is 0.583. The minimum absolute atomic E-state index is 0.522. The molecule has 1 saturated heterocycles. The van der Waals surface area contributed by atoms with Crippen LogP contribution in [0.3, 0.4) is 0 Å². The number of anilines is 1. The molecule has 1 unspecified atom stereocenters. The zero-order chi connectivity index (χ0) is 11.6. The summed E-state index contributed by atoms with van der Waals surface area (Å²) in [6.07, 6.45) is 4.39. The normalized spacial score (nSPS) is 26.6. The summed E-state index contributed by atoms with van der Waals surface area (Å²) in [5.41, 5.74) is 0.573. The van der Waals surface area contributed by atoms with Crippen LogP contribution in [0.1, 0.15) is 26.2 Å². The second kappa shape index (κ2) is 4.60. The zero-order valence-electron chi connectivity index (χ0n) is 9.49. The van der Waals surface area contributed by atoms with E-state index in [9.17, 15) is 5.11 Å². The average molecular weight is 241 g/mol. The quantitative estimate of drug-likeness (QED) is 0.767.